The van der Waals surface area contributed by atoms with E-state index in [-0.39, 0.29) is 18.0 Å². The van der Waals surface area contributed by atoms with Gasteiger partial charge < -0.3 is 10.1 Å². The summed E-state index contributed by atoms with van der Waals surface area (Å²) in [6.07, 6.45) is 1.65. The smallest absolute Gasteiger partial charge is 0.358 e. The lowest BCUT2D eigenvalue weighted by Gasteiger charge is -2.07. The number of hydrogen-bond acceptors (Lipinski definition) is 5. The second-order valence-corrected chi connectivity index (χ2v) is 5.82. The molecule has 124 valence electrons. The number of nitrogens with one attached hydrogen (secondary N) is 1. The number of ether oxygens (including phenoxy) is 1. The van der Waals surface area contributed by atoms with Crippen molar-refractivity contribution in [1.82, 2.24) is 19.6 Å². The molecule has 0 aliphatic carbocycles. The molecule has 8 nitrogen and oxygen atoms in total. The number of aryl methyl sites for hydroxylation is 3. The van der Waals surface area contributed by atoms with Gasteiger partial charge in [-0.15, -0.1) is 0 Å². The highest BCUT2D eigenvalue weighted by molar-refractivity contribution is 9.10. The third-order valence-corrected chi connectivity index (χ3v) is 4.58. The topological polar surface area (TPSA) is 91.0 Å². The van der Waals surface area contributed by atoms with E-state index >= 15 is 0 Å². The van der Waals surface area contributed by atoms with Gasteiger partial charge in [-0.25, -0.2) is 4.79 Å². The van der Waals surface area contributed by atoms with Gasteiger partial charge in [-0.2, -0.15) is 10.2 Å². The molecule has 1 amide bonds. The molecule has 0 fully saturated rings. The first-order valence-corrected chi connectivity index (χ1v) is 7.74. The summed E-state index contributed by atoms with van der Waals surface area (Å²) in [5.41, 5.74) is 2.38. The predicted molar refractivity (Wildman–Crippen MR) is 87.2 cm³/mol. The Labute approximate surface area is 141 Å². The fourth-order valence-electron chi connectivity index (χ4n) is 2.18. The highest BCUT2D eigenvalue weighted by Crippen LogP contribution is 2.20. The van der Waals surface area contributed by atoms with Crippen molar-refractivity contribution in [2.75, 3.05) is 12.4 Å². The zero-order valence-electron chi connectivity index (χ0n) is 13.4. The fraction of sp³-hybridized carbons (Fsp3) is 0.429. The van der Waals surface area contributed by atoms with Crippen LogP contribution in [0.15, 0.2) is 10.7 Å². The van der Waals surface area contributed by atoms with Crippen molar-refractivity contribution >= 4 is 33.5 Å². The molecule has 0 radical (unpaired) electrons. The first-order chi connectivity index (χ1) is 10.8. The summed E-state index contributed by atoms with van der Waals surface area (Å²) < 4.78 is 8.76. The van der Waals surface area contributed by atoms with Gasteiger partial charge in [0.05, 0.1) is 35.7 Å². The average Bonchev–Trinajstić information content (AvgIpc) is 2.99. The second-order valence-electron chi connectivity index (χ2n) is 5.03. The molecule has 0 aliphatic rings. The lowest BCUT2D eigenvalue weighted by atomic mass is 10.3. The summed E-state index contributed by atoms with van der Waals surface area (Å²) in [5.74, 6) is -0.783. The minimum absolute atomic E-state index is 0.203. The number of rotatable bonds is 5. The van der Waals surface area contributed by atoms with Crippen molar-refractivity contribution in [3.05, 3.63) is 27.8 Å². The molecule has 2 aromatic heterocycles. The number of hydrogen-bond donors (Lipinski definition) is 1. The molecule has 2 rings (SSSR count). The number of halogens is 1. The van der Waals surface area contributed by atoms with Crippen LogP contribution in [0.4, 0.5) is 5.69 Å². The molecule has 2 heterocycles. The summed E-state index contributed by atoms with van der Waals surface area (Å²) in [4.78, 5) is 23.8. The average molecular weight is 384 g/mol. The second kappa shape index (κ2) is 6.95. The van der Waals surface area contributed by atoms with E-state index in [1.54, 1.807) is 11.7 Å². The first kappa shape index (κ1) is 17.2. The number of amides is 1. The van der Waals surface area contributed by atoms with Crippen LogP contribution in [-0.2, 0) is 23.1 Å². The molecular formula is C14H18BrN5O3. The molecule has 0 aliphatic heterocycles. The van der Waals surface area contributed by atoms with Crippen LogP contribution in [0, 0.1) is 13.8 Å². The quantitative estimate of drug-likeness (QED) is 0.794. The summed E-state index contributed by atoms with van der Waals surface area (Å²) in [7, 11) is 2.89. The Hall–Kier alpha value is -2.16. The van der Waals surface area contributed by atoms with Gasteiger partial charge in [0.1, 0.15) is 0 Å². The van der Waals surface area contributed by atoms with Gasteiger partial charge in [-0.05, 0) is 29.8 Å². The van der Waals surface area contributed by atoms with E-state index in [1.165, 1.54) is 18.0 Å². The Kier molecular flexibility index (Phi) is 5.19. The Morgan fingerprint density at radius 1 is 1.39 bits per heavy atom. The van der Waals surface area contributed by atoms with Gasteiger partial charge in [-0.3, -0.25) is 14.2 Å². The van der Waals surface area contributed by atoms with Crippen LogP contribution in [0.5, 0.6) is 0 Å². The molecule has 9 heteroatoms. The number of nitrogens with zero attached hydrogens (tertiary/aromatic N) is 4. The van der Waals surface area contributed by atoms with Gasteiger partial charge >= 0.3 is 5.97 Å². The molecule has 0 spiro atoms. The van der Waals surface area contributed by atoms with Crippen LogP contribution in [0.3, 0.4) is 0 Å². The Balaban J connectivity index is 2.03. The van der Waals surface area contributed by atoms with E-state index in [2.05, 4.69) is 36.2 Å². The van der Waals surface area contributed by atoms with Crippen molar-refractivity contribution < 1.29 is 14.3 Å². The highest BCUT2D eigenvalue weighted by Gasteiger charge is 2.19. The summed E-state index contributed by atoms with van der Waals surface area (Å²) in [5, 5.41) is 11.0. The molecule has 0 atom stereocenters. The van der Waals surface area contributed by atoms with Gasteiger partial charge in [-0.1, -0.05) is 0 Å². The Morgan fingerprint density at radius 3 is 2.65 bits per heavy atom. The third-order valence-electron chi connectivity index (χ3n) is 3.44. The SMILES string of the molecule is COC(=O)c1c(NC(=O)CCn2nc(C)c(Br)c2C)cnn1C. The maximum Gasteiger partial charge on any atom is 0.358 e. The number of methoxy groups -OCH3 is 1. The van der Waals surface area contributed by atoms with Crippen molar-refractivity contribution in [3.8, 4) is 0 Å². The molecular weight excluding hydrogens is 366 g/mol. The molecule has 2 aromatic rings. The van der Waals surface area contributed by atoms with E-state index in [0.29, 0.717) is 12.2 Å². The summed E-state index contributed by atoms with van der Waals surface area (Å²) in [6.45, 7) is 4.27. The fourth-order valence-corrected chi connectivity index (χ4v) is 2.46. The minimum atomic E-state index is -0.553. The van der Waals surface area contributed by atoms with Gasteiger partial charge in [0.2, 0.25) is 5.91 Å². The molecule has 1 N–H and O–H groups in total. The van der Waals surface area contributed by atoms with Gasteiger partial charge in [0.25, 0.3) is 0 Å². The highest BCUT2D eigenvalue weighted by atomic mass is 79.9. The Bertz CT molecular complexity index is 750. The molecule has 0 saturated carbocycles. The van der Waals surface area contributed by atoms with Crippen molar-refractivity contribution in [2.24, 2.45) is 7.05 Å². The van der Waals surface area contributed by atoms with Crippen molar-refractivity contribution in [1.29, 1.82) is 0 Å². The maximum atomic E-state index is 12.1. The minimum Gasteiger partial charge on any atom is -0.464 e. The van der Waals surface area contributed by atoms with Crippen LogP contribution in [-0.4, -0.2) is 38.5 Å². The normalized spacial score (nSPS) is 10.7. The van der Waals surface area contributed by atoms with Crippen LogP contribution < -0.4 is 5.32 Å². The lowest BCUT2D eigenvalue weighted by molar-refractivity contribution is -0.116. The first-order valence-electron chi connectivity index (χ1n) is 6.94. The summed E-state index contributed by atoms with van der Waals surface area (Å²) >= 11 is 3.45. The number of carbonyl (C=O) groups excluding carboxylic acids is 2. The molecule has 0 aromatic carbocycles. The zero-order chi connectivity index (χ0) is 17.1. The maximum absolute atomic E-state index is 12.1. The van der Waals surface area contributed by atoms with Gasteiger partial charge in [0, 0.05) is 19.2 Å². The van der Waals surface area contributed by atoms with Crippen molar-refractivity contribution in [2.45, 2.75) is 26.8 Å². The van der Waals surface area contributed by atoms with Gasteiger partial charge in [0.15, 0.2) is 5.69 Å². The number of aromatic nitrogens is 4. The van der Waals surface area contributed by atoms with Crippen molar-refractivity contribution in [3.63, 3.8) is 0 Å². The van der Waals surface area contributed by atoms with Crippen LogP contribution in [0.1, 0.15) is 28.3 Å². The number of esters is 1. The largest absolute Gasteiger partial charge is 0.464 e. The zero-order valence-corrected chi connectivity index (χ0v) is 15.0. The van der Waals surface area contributed by atoms with E-state index in [4.69, 9.17) is 0 Å². The van der Waals surface area contributed by atoms with E-state index < -0.39 is 5.97 Å². The monoisotopic (exact) mass is 383 g/mol. The molecule has 0 unspecified atom stereocenters. The number of carbonyl (C=O) groups is 2. The van der Waals surface area contributed by atoms with Crippen LogP contribution >= 0.6 is 15.9 Å². The Morgan fingerprint density at radius 2 is 2.09 bits per heavy atom. The van der Waals surface area contributed by atoms with E-state index in [0.717, 1.165) is 15.9 Å². The molecule has 0 bridgehead atoms. The summed E-state index contributed by atoms with van der Waals surface area (Å²) in [6, 6.07) is 0. The predicted octanol–water partition coefficient (Wildman–Crippen LogP) is 1.81. The molecule has 0 saturated heterocycles. The molecule has 23 heavy (non-hydrogen) atoms. The van der Waals surface area contributed by atoms with Crippen LogP contribution in [0.2, 0.25) is 0 Å². The van der Waals surface area contributed by atoms with E-state index in [1.807, 2.05) is 13.8 Å². The number of anilines is 1. The standard InChI is InChI=1S/C14H18BrN5O3/c1-8-12(15)9(2)20(18-8)6-5-11(21)17-10-7-16-19(3)13(10)14(22)23-4/h7H,5-6H2,1-4H3,(H,17,21). The lowest BCUT2D eigenvalue weighted by Crippen LogP contribution is -2.18. The van der Waals surface area contributed by atoms with Crippen LogP contribution in [0.25, 0.3) is 0 Å². The third kappa shape index (κ3) is 3.61. The van der Waals surface area contributed by atoms with E-state index in [9.17, 15) is 9.59 Å².